The Balaban J connectivity index is 3.00. The van der Waals surface area contributed by atoms with E-state index in [0.29, 0.717) is 29.4 Å². The molecule has 1 rings (SSSR count). The maximum absolute atomic E-state index is 10.5. The summed E-state index contributed by atoms with van der Waals surface area (Å²) in [5.41, 5.74) is 1.89. The first kappa shape index (κ1) is 14.6. The third kappa shape index (κ3) is 3.29. The smallest absolute Gasteiger partial charge is 0.303 e. The Kier molecular flexibility index (Phi) is 5.28. The van der Waals surface area contributed by atoms with E-state index in [9.17, 15) is 4.79 Å². The zero-order valence-corrected chi connectivity index (χ0v) is 11.5. The Morgan fingerprint density at radius 3 is 2.56 bits per heavy atom. The van der Waals surface area contributed by atoms with E-state index in [1.54, 1.807) is 7.11 Å². The van der Waals surface area contributed by atoms with Gasteiger partial charge in [0.05, 0.1) is 19.2 Å². The zero-order chi connectivity index (χ0) is 13.7. The number of hydrogen-bond donors (Lipinski definition) is 1. The van der Waals surface area contributed by atoms with Gasteiger partial charge in [0.2, 0.25) is 0 Å². The number of benzene rings is 1. The van der Waals surface area contributed by atoms with E-state index in [2.05, 4.69) is 0 Å². The molecular weight excluding hydrogens is 256 g/mol. The molecule has 0 bridgehead atoms. The summed E-state index contributed by atoms with van der Waals surface area (Å²) in [4.78, 5) is 10.5. The van der Waals surface area contributed by atoms with Gasteiger partial charge in [-0.1, -0.05) is 11.6 Å². The van der Waals surface area contributed by atoms with Crippen LogP contribution in [0.5, 0.6) is 11.5 Å². The molecule has 0 amide bonds. The fourth-order valence-electron chi connectivity index (χ4n) is 1.83. The predicted octanol–water partition coefficient (Wildman–Crippen LogP) is 3.07. The van der Waals surface area contributed by atoms with Crippen molar-refractivity contribution in [2.24, 2.45) is 0 Å². The first-order valence-corrected chi connectivity index (χ1v) is 6.00. The lowest BCUT2D eigenvalue weighted by molar-refractivity contribution is -0.137. The third-order valence-electron chi connectivity index (χ3n) is 2.75. The largest absolute Gasteiger partial charge is 0.493 e. The number of ether oxygens (including phenoxy) is 2. The van der Waals surface area contributed by atoms with Crippen molar-refractivity contribution >= 4 is 17.6 Å². The summed E-state index contributed by atoms with van der Waals surface area (Å²) in [6, 6.07) is 1.85. The number of hydrogen-bond acceptors (Lipinski definition) is 3. The van der Waals surface area contributed by atoms with Gasteiger partial charge in [-0.25, -0.2) is 0 Å². The summed E-state index contributed by atoms with van der Waals surface area (Å²) >= 11 is 6.26. The van der Waals surface area contributed by atoms with E-state index in [1.165, 1.54) is 7.11 Å². The number of aliphatic carboxylic acids is 1. The number of halogens is 1. The molecule has 0 atom stereocenters. The maximum atomic E-state index is 10.5. The van der Waals surface area contributed by atoms with Crippen molar-refractivity contribution in [1.29, 1.82) is 0 Å². The highest BCUT2D eigenvalue weighted by Gasteiger charge is 2.16. The van der Waals surface area contributed by atoms with Gasteiger partial charge in [0.25, 0.3) is 0 Å². The van der Waals surface area contributed by atoms with E-state index >= 15 is 0 Å². The number of methoxy groups -OCH3 is 2. The van der Waals surface area contributed by atoms with Crippen molar-refractivity contribution in [1.82, 2.24) is 0 Å². The molecule has 18 heavy (non-hydrogen) atoms. The highest BCUT2D eigenvalue weighted by molar-refractivity contribution is 6.33. The summed E-state index contributed by atoms with van der Waals surface area (Å²) in [7, 11) is 3.08. The van der Waals surface area contributed by atoms with E-state index < -0.39 is 5.97 Å². The van der Waals surface area contributed by atoms with Crippen molar-refractivity contribution in [3.8, 4) is 11.5 Å². The van der Waals surface area contributed by atoms with Gasteiger partial charge in [-0.3, -0.25) is 4.79 Å². The first-order chi connectivity index (χ1) is 8.51. The van der Waals surface area contributed by atoms with E-state index in [1.807, 2.05) is 13.0 Å². The average molecular weight is 273 g/mol. The van der Waals surface area contributed by atoms with E-state index in [0.717, 1.165) is 11.1 Å². The Bertz CT molecular complexity index is 443. The van der Waals surface area contributed by atoms with Crippen LogP contribution in [-0.4, -0.2) is 25.3 Å². The molecule has 0 saturated heterocycles. The van der Waals surface area contributed by atoms with Crippen LogP contribution in [0.15, 0.2) is 6.07 Å². The second kappa shape index (κ2) is 6.50. The van der Waals surface area contributed by atoms with Crippen LogP contribution in [0.3, 0.4) is 0 Å². The molecule has 0 aliphatic rings. The predicted molar refractivity (Wildman–Crippen MR) is 69.9 cm³/mol. The maximum Gasteiger partial charge on any atom is 0.303 e. The molecule has 0 heterocycles. The van der Waals surface area contributed by atoms with Crippen LogP contribution in [0, 0.1) is 6.92 Å². The highest BCUT2D eigenvalue weighted by Crippen LogP contribution is 2.39. The van der Waals surface area contributed by atoms with Gasteiger partial charge in [0.15, 0.2) is 11.5 Å². The molecule has 0 aliphatic heterocycles. The zero-order valence-electron chi connectivity index (χ0n) is 10.7. The van der Waals surface area contributed by atoms with Gasteiger partial charge < -0.3 is 14.6 Å². The minimum atomic E-state index is -0.802. The lowest BCUT2D eigenvalue weighted by Gasteiger charge is -2.15. The molecule has 0 saturated carbocycles. The summed E-state index contributed by atoms with van der Waals surface area (Å²) in [5.74, 6) is 0.279. The summed E-state index contributed by atoms with van der Waals surface area (Å²) in [6.45, 7) is 1.92. The van der Waals surface area contributed by atoms with Gasteiger partial charge in [-0.2, -0.15) is 0 Å². The molecule has 1 N–H and O–H groups in total. The van der Waals surface area contributed by atoms with Crippen LogP contribution >= 0.6 is 11.6 Å². The molecule has 4 nitrogen and oxygen atoms in total. The van der Waals surface area contributed by atoms with Crippen LogP contribution in [0.1, 0.15) is 24.0 Å². The average Bonchev–Trinajstić information content (AvgIpc) is 2.32. The van der Waals surface area contributed by atoms with E-state index in [-0.39, 0.29) is 6.42 Å². The molecule has 0 radical (unpaired) electrons. The molecule has 0 unspecified atom stereocenters. The lowest BCUT2D eigenvalue weighted by atomic mass is 10.0. The number of carboxylic acid groups (broad SMARTS) is 1. The van der Waals surface area contributed by atoms with Crippen LogP contribution in [0.2, 0.25) is 5.02 Å². The third-order valence-corrected chi connectivity index (χ3v) is 3.15. The highest BCUT2D eigenvalue weighted by atomic mass is 35.5. The van der Waals surface area contributed by atoms with Gasteiger partial charge in [0, 0.05) is 6.42 Å². The van der Waals surface area contributed by atoms with Gasteiger partial charge >= 0.3 is 5.97 Å². The molecule has 100 valence electrons. The minimum absolute atomic E-state index is 0.129. The van der Waals surface area contributed by atoms with Crippen molar-refractivity contribution < 1.29 is 19.4 Å². The molecule has 0 aliphatic carbocycles. The fraction of sp³-hybridized carbons (Fsp3) is 0.462. The Morgan fingerprint density at radius 1 is 1.39 bits per heavy atom. The van der Waals surface area contributed by atoms with Gasteiger partial charge in [0.1, 0.15) is 0 Å². The topological polar surface area (TPSA) is 55.8 Å². The van der Waals surface area contributed by atoms with E-state index in [4.69, 9.17) is 26.2 Å². The standard InChI is InChI=1S/C13H17ClO4/c1-8-7-10(17-2)13(18-3)12(14)9(8)5-4-6-11(15)16/h7H,4-6H2,1-3H3,(H,15,16). The second-order valence-electron chi connectivity index (χ2n) is 3.97. The molecule has 1 aromatic carbocycles. The van der Waals surface area contributed by atoms with Crippen LogP contribution in [0.25, 0.3) is 0 Å². The Morgan fingerprint density at radius 2 is 2.06 bits per heavy atom. The summed E-state index contributed by atoms with van der Waals surface area (Å²) in [6.07, 6.45) is 1.28. The molecule has 0 spiro atoms. The van der Waals surface area contributed by atoms with Gasteiger partial charge in [-0.15, -0.1) is 0 Å². The minimum Gasteiger partial charge on any atom is -0.493 e. The molecule has 1 aromatic rings. The lowest BCUT2D eigenvalue weighted by Crippen LogP contribution is -2.00. The Labute approximate surface area is 111 Å². The first-order valence-electron chi connectivity index (χ1n) is 5.63. The number of rotatable bonds is 6. The van der Waals surface area contributed by atoms with Crippen LogP contribution < -0.4 is 9.47 Å². The SMILES string of the molecule is COc1cc(C)c(CCCC(=O)O)c(Cl)c1OC. The molecule has 0 fully saturated rings. The normalized spacial score (nSPS) is 10.2. The Hall–Kier alpha value is -1.42. The quantitative estimate of drug-likeness (QED) is 0.865. The number of carbonyl (C=O) groups is 1. The number of carboxylic acids is 1. The fourth-order valence-corrected chi connectivity index (χ4v) is 2.25. The van der Waals surface area contributed by atoms with Crippen molar-refractivity contribution in [2.75, 3.05) is 14.2 Å². The molecular formula is C13H17ClO4. The van der Waals surface area contributed by atoms with Crippen LogP contribution in [0.4, 0.5) is 0 Å². The molecule has 0 aromatic heterocycles. The number of aryl methyl sites for hydroxylation is 1. The monoisotopic (exact) mass is 272 g/mol. The van der Waals surface area contributed by atoms with Gasteiger partial charge in [-0.05, 0) is 37.0 Å². The van der Waals surface area contributed by atoms with Crippen molar-refractivity contribution in [3.05, 3.63) is 22.2 Å². The second-order valence-corrected chi connectivity index (χ2v) is 4.35. The summed E-state index contributed by atoms with van der Waals surface area (Å²) in [5, 5.41) is 9.14. The van der Waals surface area contributed by atoms with Crippen molar-refractivity contribution in [3.63, 3.8) is 0 Å². The van der Waals surface area contributed by atoms with Crippen LogP contribution in [-0.2, 0) is 11.2 Å². The van der Waals surface area contributed by atoms with Crippen molar-refractivity contribution in [2.45, 2.75) is 26.2 Å². The molecule has 5 heteroatoms. The summed E-state index contributed by atoms with van der Waals surface area (Å²) < 4.78 is 10.4.